The molecule has 4 heteroatoms. The first-order valence-corrected chi connectivity index (χ1v) is 7.82. The van der Waals surface area contributed by atoms with Gasteiger partial charge in [0, 0.05) is 21.4 Å². The van der Waals surface area contributed by atoms with Crippen molar-refractivity contribution < 1.29 is 0 Å². The number of benzene rings is 1. The molecule has 0 amide bonds. The van der Waals surface area contributed by atoms with Gasteiger partial charge in [-0.05, 0) is 43.7 Å². The predicted molar refractivity (Wildman–Crippen MR) is 83.4 cm³/mol. The van der Waals surface area contributed by atoms with Gasteiger partial charge in [0.05, 0.1) is 4.34 Å². The third kappa shape index (κ3) is 3.58. The van der Waals surface area contributed by atoms with Crippen LogP contribution in [0.5, 0.6) is 0 Å². The minimum absolute atomic E-state index is 0.307. The fraction of sp³-hybridized carbons (Fsp3) is 0.286. The Balaban J connectivity index is 2.02. The van der Waals surface area contributed by atoms with Crippen LogP contribution in [0, 0.1) is 0 Å². The van der Waals surface area contributed by atoms with E-state index in [2.05, 4.69) is 65.4 Å². The van der Waals surface area contributed by atoms with Gasteiger partial charge < -0.3 is 5.32 Å². The van der Waals surface area contributed by atoms with Crippen molar-refractivity contribution >= 4 is 38.9 Å². The molecule has 2 aromatic rings. The van der Waals surface area contributed by atoms with Crippen molar-refractivity contribution in [2.75, 3.05) is 0 Å². The quantitative estimate of drug-likeness (QED) is 0.764. The van der Waals surface area contributed by atoms with Gasteiger partial charge in [0.25, 0.3) is 0 Å². The molecule has 0 aliphatic carbocycles. The van der Waals surface area contributed by atoms with Gasteiger partial charge in [-0.1, -0.05) is 39.7 Å². The van der Waals surface area contributed by atoms with Crippen LogP contribution in [0.2, 0.25) is 4.34 Å². The van der Waals surface area contributed by atoms with Crippen LogP contribution in [0.25, 0.3) is 0 Å². The second-order valence-corrected chi connectivity index (χ2v) is 6.97. The van der Waals surface area contributed by atoms with E-state index in [-0.39, 0.29) is 0 Å². The number of hydrogen-bond acceptors (Lipinski definition) is 2. The van der Waals surface area contributed by atoms with E-state index in [1.165, 1.54) is 10.4 Å². The first-order valence-electron chi connectivity index (χ1n) is 5.83. The van der Waals surface area contributed by atoms with Gasteiger partial charge in [-0.15, -0.1) is 11.3 Å². The Labute approximate surface area is 125 Å². The molecule has 0 radical (unpaired) electrons. The summed E-state index contributed by atoms with van der Waals surface area (Å²) in [5, 5.41) is 3.58. The van der Waals surface area contributed by atoms with E-state index in [0.717, 1.165) is 8.81 Å². The van der Waals surface area contributed by atoms with Gasteiger partial charge in [-0.25, -0.2) is 0 Å². The molecular formula is C14H15BrClNS. The summed E-state index contributed by atoms with van der Waals surface area (Å²) in [6.45, 7) is 4.34. The lowest BCUT2D eigenvalue weighted by Gasteiger charge is -2.19. The third-order valence-electron chi connectivity index (χ3n) is 2.89. The van der Waals surface area contributed by atoms with E-state index in [4.69, 9.17) is 11.6 Å². The average Bonchev–Trinajstić information content (AvgIpc) is 2.76. The lowest BCUT2D eigenvalue weighted by molar-refractivity contribution is 0.500. The molecule has 0 aliphatic heterocycles. The van der Waals surface area contributed by atoms with Crippen LogP contribution in [0.15, 0.2) is 40.9 Å². The van der Waals surface area contributed by atoms with Gasteiger partial charge in [-0.3, -0.25) is 0 Å². The normalized spacial score (nSPS) is 14.4. The summed E-state index contributed by atoms with van der Waals surface area (Å²) in [4.78, 5) is 1.27. The molecule has 0 bridgehead atoms. The standard InChI is InChI=1S/C14H15BrClNS/c1-9(11-3-5-12(15)6-4-11)17-10(2)13-7-8-14(16)18-13/h3-10,17H,1-2H3. The zero-order chi connectivity index (χ0) is 13.1. The molecule has 96 valence electrons. The van der Waals surface area contributed by atoms with Crippen molar-refractivity contribution in [2.24, 2.45) is 0 Å². The number of hydrogen-bond donors (Lipinski definition) is 1. The average molecular weight is 345 g/mol. The second kappa shape index (κ2) is 6.20. The summed E-state index contributed by atoms with van der Waals surface area (Å²) in [5.41, 5.74) is 1.28. The van der Waals surface area contributed by atoms with Crippen molar-refractivity contribution in [1.29, 1.82) is 0 Å². The molecule has 1 aromatic carbocycles. The Morgan fingerprint density at radius 2 is 1.72 bits per heavy atom. The van der Waals surface area contributed by atoms with Crippen molar-refractivity contribution in [1.82, 2.24) is 5.32 Å². The lowest BCUT2D eigenvalue weighted by Crippen LogP contribution is -2.21. The largest absolute Gasteiger partial charge is 0.303 e. The van der Waals surface area contributed by atoms with Crippen LogP contribution in [0.4, 0.5) is 0 Å². The Morgan fingerprint density at radius 1 is 1.06 bits per heavy atom. The SMILES string of the molecule is CC(NC(C)c1ccc(Cl)s1)c1ccc(Br)cc1. The maximum atomic E-state index is 5.96. The van der Waals surface area contributed by atoms with Crippen molar-refractivity contribution in [3.05, 3.63) is 55.6 Å². The summed E-state index contributed by atoms with van der Waals surface area (Å²) >= 11 is 11.0. The molecule has 2 rings (SSSR count). The van der Waals surface area contributed by atoms with Crippen LogP contribution in [0.3, 0.4) is 0 Å². The number of thiophene rings is 1. The van der Waals surface area contributed by atoms with E-state index in [9.17, 15) is 0 Å². The zero-order valence-electron chi connectivity index (χ0n) is 10.3. The topological polar surface area (TPSA) is 12.0 Å². The lowest BCUT2D eigenvalue weighted by atomic mass is 10.1. The molecule has 0 aliphatic rings. The van der Waals surface area contributed by atoms with Crippen molar-refractivity contribution in [3.63, 3.8) is 0 Å². The van der Waals surface area contributed by atoms with Gasteiger partial charge in [-0.2, -0.15) is 0 Å². The molecule has 0 saturated heterocycles. The van der Waals surface area contributed by atoms with Crippen LogP contribution in [0.1, 0.15) is 36.4 Å². The predicted octanol–water partition coefficient (Wildman–Crippen LogP) is 5.58. The Hall–Kier alpha value is -0.350. The first-order chi connectivity index (χ1) is 8.56. The molecule has 1 aromatic heterocycles. The minimum Gasteiger partial charge on any atom is -0.303 e. The van der Waals surface area contributed by atoms with Crippen molar-refractivity contribution in [3.8, 4) is 0 Å². The maximum absolute atomic E-state index is 5.96. The van der Waals surface area contributed by atoms with Crippen LogP contribution < -0.4 is 5.32 Å². The summed E-state index contributed by atoms with van der Waals surface area (Å²) in [6, 6.07) is 13.1. The van der Waals surface area contributed by atoms with Gasteiger partial charge in [0.15, 0.2) is 0 Å². The summed E-state index contributed by atoms with van der Waals surface area (Å²) in [7, 11) is 0. The molecule has 0 spiro atoms. The fourth-order valence-corrected chi connectivity index (χ4v) is 3.20. The van der Waals surface area contributed by atoms with Crippen molar-refractivity contribution in [2.45, 2.75) is 25.9 Å². The van der Waals surface area contributed by atoms with E-state index in [1.807, 2.05) is 6.07 Å². The highest BCUT2D eigenvalue weighted by atomic mass is 79.9. The number of rotatable bonds is 4. The Kier molecular flexibility index (Phi) is 4.84. The fourth-order valence-electron chi connectivity index (χ4n) is 1.87. The molecule has 0 saturated carbocycles. The van der Waals surface area contributed by atoms with Crippen LogP contribution >= 0.6 is 38.9 Å². The Morgan fingerprint density at radius 3 is 2.28 bits per heavy atom. The molecular weight excluding hydrogens is 330 g/mol. The molecule has 1 N–H and O–H groups in total. The van der Waals surface area contributed by atoms with Gasteiger partial charge in [0.2, 0.25) is 0 Å². The Bertz CT molecular complexity index is 509. The summed E-state index contributed by atoms with van der Waals surface area (Å²) in [6.07, 6.45) is 0. The molecule has 2 atom stereocenters. The smallest absolute Gasteiger partial charge is 0.0931 e. The van der Waals surface area contributed by atoms with E-state index < -0.39 is 0 Å². The monoisotopic (exact) mass is 343 g/mol. The zero-order valence-corrected chi connectivity index (χ0v) is 13.4. The van der Waals surface area contributed by atoms with Gasteiger partial charge >= 0.3 is 0 Å². The molecule has 2 unspecified atom stereocenters. The highest BCUT2D eigenvalue weighted by molar-refractivity contribution is 9.10. The highest BCUT2D eigenvalue weighted by Gasteiger charge is 2.12. The van der Waals surface area contributed by atoms with E-state index in [0.29, 0.717) is 12.1 Å². The minimum atomic E-state index is 0.307. The number of halogens is 2. The van der Waals surface area contributed by atoms with Crippen LogP contribution in [-0.4, -0.2) is 0 Å². The van der Waals surface area contributed by atoms with E-state index in [1.54, 1.807) is 11.3 Å². The third-order valence-corrected chi connectivity index (χ3v) is 4.83. The summed E-state index contributed by atoms with van der Waals surface area (Å²) in [5.74, 6) is 0. The highest BCUT2D eigenvalue weighted by Crippen LogP contribution is 2.28. The molecule has 1 heterocycles. The maximum Gasteiger partial charge on any atom is 0.0931 e. The second-order valence-electron chi connectivity index (χ2n) is 4.30. The molecule has 1 nitrogen and oxygen atoms in total. The van der Waals surface area contributed by atoms with E-state index >= 15 is 0 Å². The number of nitrogens with one attached hydrogen (secondary N) is 1. The summed E-state index contributed by atoms with van der Waals surface area (Å²) < 4.78 is 1.95. The van der Waals surface area contributed by atoms with Gasteiger partial charge in [0.1, 0.15) is 0 Å². The molecule has 0 fully saturated rings. The molecule has 18 heavy (non-hydrogen) atoms. The van der Waals surface area contributed by atoms with Crippen LogP contribution in [-0.2, 0) is 0 Å². The first kappa shape index (κ1) is 14.1.